The lowest BCUT2D eigenvalue weighted by Crippen LogP contribution is -2.28. The Bertz CT molecular complexity index is 4350. The maximum absolute atomic E-state index is 2.54. The highest BCUT2D eigenvalue weighted by Crippen LogP contribution is 2.57. The number of para-hydroxylation sites is 4. The van der Waals surface area contributed by atoms with E-state index in [9.17, 15) is 0 Å². The molecule has 0 bridgehead atoms. The molecule has 0 spiro atoms. The summed E-state index contributed by atoms with van der Waals surface area (Å²) in [4.78, 5) is 2.54. The molecule has 0 radical (unpaired) electrons. The molecule has 1 saturated carbocycles. The smallest absolute Gasteiger partial charge is 0.0713 e. The molecule has 79 heavy (non-hydrogen) atoms. The van der Waals surface area contributed by atoms with Crippen LogP contribution in [0.5, 0.6) is 0 Å². The lowest BCUT2D eigenvalue weighted by atomic mass is 9.67. The molecule has 12 aromatic carbocycles. The second kappa shape index (κ2) is 19.5. The number of hydrogen-bond donors (Lipinski definition) is 0. The first-order valence-electron chi connectivity index (χ1n) is 28.3. The maximum atomic E-state index is 2.54. The van der Waals surface area contributed by atoms with Crippen molar-refractivity contribution in [1.82, 2.24) is 4.57 Å². The van der Waals surface area contributed by atoms with E-state index in [-0.39, 0.29) is 0 Å². The van der Waals surface area contributed by atoms with Crippen molar-refractivity contribution in [3.05, 3.63) is 313 Å². The van der Waals surface area contributed by atoms with Crippen molar-refractivity contribution in [2.75, 3.05) is 4.90 Å². The number of benzene rings is 12. The standard InChI is InChI=1S/C77H58N2/c1-5-23-54(24-6-1)63-37-21-25-55-26-22-38-68(76(55)63)66-35-15-19-41-73(66)79(61-47-43-53(44-48-61)56-46-50-75-69(51-56)67-36-16-20-42-74(67)78(75)60-31-11-4-12-32-60)72-40-18-14-33-62(72)57-45-49-65-64-34-13-17-39-70(64)77(71(65)52-57,58-27-7-2-8-28-58)59-29-9-3-10-30-59/h2-4,7-22,25-52,54H,1,5-6,23-24H2. The largest absolute Gasteiger partial charge is 0.309 e. The molecule has 376 valence electrons. The number of rotatable bonds is 10. The Hall–Kier alpha value is -9.50. The van der Waals surface area contributed by atoms with E-state index in [4.69, 9.17) is 0 Å². The van der Waals surface area contributed by atoms with E-state index in [1.54, 1.807) is 0 Å². The molecule has 0 aliphatic heterocycles. The summed E-state index contributed by atoms with van der Waals surface area (Å²) in [6.07, 6.45) is 6.39. The van der Waals surface area contributed by atoms with Crippen LogP contribution in [-0.2, 0) is 5.41 Å². The fourth-order valence-corrected chi connectivity index (χ4v) is 14.0. The van der Waals surface area contributed by atoms with Crippen LogP contribution in [0.1, 0.15) is 65.8 Å². The molecular weight excluding hydrogens is 953 g/mol. The maximum Gasteiger partial charge on any atom is 0.0713 e. The molecule has 2 heteroatoms. The summed E-state index contributed by atoms with van der Waals surface area (Å²) in [7, 11) is 0. The van der Waals surface area contributed by atoms with Crippen LogP contribution in [0, 0.1) is 0 Å². The van der Waals surface area contributed by atoms with E-state index in [0.717, 1.165) is 28.3 Å². The second-order valence-electron chi connectivity index (χ2n) is 21.7. The van der Waals surface area contributed by atoms with Crippen LogP contribution in [0.25, 0.3) is 82.8 Å². The minimum atomic E-state index is -0.522. The van der Waals surface area contributed by atoms with Crippen molar-refractivity contribution in [2.45, 2.75) is 43.4 Å². The molecule has 0 saturated heterocycles. The Labute approximate surface area is 463 Å². The highest BCUT2D eigenvalue weighted by molar-refractivity contribution is 6.11. The number of nitrogens with zero attached hydrogens (tertiary/aromatic N) is 2. The van der Waals surface area contributed by atoms with Crippen molar-refractivity contribution in [2.24, 2.45) is 0 Å². The van der Waals surface area contributed by atoms with Gasteiger partial charge in [0.2, 0.25) is 0 Å². The third kappa shape index (κ3) is 7.69. The van der Waals surface area contributed by atoms with Crippen LogP contribution in [0.2, 0.25) is 0 Å². The predicted octanol–water partition coefficient (Wildman–Crippen LogP) is 20.8. The van der Waals surface area contributed by atoms with Crippen molar-refractivity contribution in [3.8, 4) is 50.2 Å². The van der Waals surface area contributed by atoms with Gasteiger partial charge in [-0.1, -0.05) is 244 Å². The molecule has 0 unspecified atom stereocenters. The Kier molecular flexibility index (Phi) is 11.5. The van der Waals surface area contributed by atoms with E-state index >= 15 is 0 Å². The molecule has 0 N–H and O–H groups in total. The van der Waals surface area contributed by atoms with Gasteiger partial charge < -0.3 is 9.47 Å². The van der Waals surface area contributed by atoms with Gasteiger partial charge in [0.25, 0.3) is 0 Å². The van der Waals surface area contributed by atoms with Crippen LogP contribution in [0.3, 0.4) is 0 Å². The van der Waals surface area contributed by atoms with E-state index < -0.39 is 5.41 Å². The van der Waals surface area contributed by atoms with Gasteiger partial charge in [-0.25, -0.2) is 0 Å². The summed E-state index contributed by atoms with van der Waals surface area (Å²) < 4.78 is 2.39. The third-order valence-corrected chi connectivity index (χ3v) is 17.5. The van der Waals surface area contributed by atoms with E-state index in [0.29, 0.717) is 5.92 Å². The average molecular weight is 1010 g/mol. The number of hydrogen-bond acceptors (Lipinski definition) is 1. The first-order chi connectivity index (χ1) is 39.2. The minimum Gasteiger partial charge on any atom is -0.309 e. The minimum absolute atomic E-state index is 0.522. The number of fused-ring (bicyclic) bond motifs is 7. The summed E-state index contributed by atoms with van der Waals surface area (Å²) >= 11 is 0. The zero-order valence-corrected chi connectivity index (χ0v) is 44.1. The van der Waals surface area contributed by atoms with Gasteiger partial charge in [0, 0.05) is 33.3 Å². The molecule has 13 aromatic rings. The highest BCUT2D eigenvalue weighted by atomic mass is 15.1. The van der Waals surface area contributed by atoms with Crippen LogP contribution in [-0.4, -0.2) is 4.57 Å². The topological polar surface area (TPSA) is 8.17 Å². The molecule has 2 aliphatic carbocycles. The van der Waals surface area contributed by atoms with E-state index in [1.165, 1.54) is 131 Å². The lowest BCUT2D eigenvalue weighted by molar-refractivity contribution is 0.445. The highest BCUT2D eigenvalue weighted by Gasteiger charge is 2.46. The second-order valence-corrected chi connectivity index (χ2v) is 21.7. The van der Waals surface area contributed by atoms with Gasteiger partial charge >= 0.3 is 0 Å². The third-order valence-electron chi connectivity index (χ3n) is 17.5. The fraction of sp³-hybridized carbons (Fsp3) is 0.0909. The van der Waals surface area contributed by atoms with Gasteiger partial charge in [-0.3, -0.25) is 0 Å². The molecule has 1 aromatic heterocycles. The first kappa shape index (κ1) is 46.8. The molecule has 1 heterocycles. The Morgan fingerprint density at radius 1 is 0.354 bits per heavy atom. The molecule has 15 rings (SSSR count). The molecule has 1 fully saturated rings. The normalized spacial score (nSPS) is 13.9. The van der Waals surface area contributed by atoms with Crippen LogP contribution in [0.15, 0.2) is 285 Å². The quantitative estimate of drug-likeness (QED) is 0.133. The van der Waals surface area contributed by atoms with Crippen LogP contribution >= 0.6 is 0 Å². The predicted molar refractivity (Wildman–Crippen MR) is 332 cm³/mol. The Morgan fingerprint density at radius 2 is 0.911 bits per heavy atom. The van der Waals surface area contributed by atoms with Gasteiger partial charge in [0.1, 0.15) is 0 Å². The van der Waals surface area contributed by atoms with Crippen molar-refractivity contribution in [3.63, 3.8) is 0 Å². The van der Waals surface area contributed by atoms with Gasteiger partial charge in [-0.15, -0.1) is 0 Å². The van der Waals surface area contributed by atoms with Gasteiger partial charge in [-0.2, -0.15) is 0 Å². The van der Waals surface area contributed by atoms with Gasteiger partial charge in [-0.05, 0) is 151 Å². The Morgan fingerprint density at radius 3 is 1.66 bits per heavy atom. The molecule has 0 atom stereocenters. The van der Waals surface area contributed by atoms with Crippen molar-refractivity contribution < 1.29 is 0 Å². The number of anilines is 3. The van der Waals surface area contributed by atoms with Gasteiger partial charge in [0.05, 0.1) is 27.8 Å². The monoisotopic (exact) mass is 1010 g/mol. The van der Waals surface area contributed by atoms with Crippen molar-refractivity contribution in [1.29, 1.82) is 0 Å². The van der Waals surface area contributed by atoms with Gasteiger partial charge in [0.15, 0.2) is 0 Å². The summed E-state index contributed by atoms with van der Waals surface area (Å²) in [5, 5.41) is 5.18. The van der Waals surface area contributed by atoms with E-state index in [2.05, 4.69) is 295 Å². The first-order valence-corrected chi connectivity index (χ1v) is 28.3. The Balaban J connectivity index is 0.929. The average Bonchev–Trinajstić information content (AvgIpc) is 4.25. The molecule has 2 aliphatic rings. The SMILES string of the molecule is c1ccc(-n2c3ccccc3c3cc(-c4ccc(N(c5ccccc5-c5ccc6c(c5)C(c5ccccc5)(c5ccccc5)c5ccccc5-6)c5ccccc5-c5cccc6cccc(C7CCCCC7)c56)cc4)ccc32)cc1. The molecular formula is C77H58N2. The van der Waals surface area contributed by atoms with Crippen LogP contribution < -0.4 is 4.90 Å². The summed E-state index contributed by atoms with van der Waals surface area (Å²) in [6.45, 7) is 0. The fourth-order valence-electron chi connectivity index (χ4n) is 14.0. The zero-order chi connectivity index (χ0) is 52.3. The molecule has 2 nitrogen and oxygen atoms in total. The molecule has 0 amide bonds. The van der Waals surface area contributed by atoms with Crippen molar-refractivity contribution >= 4 is 49.6 Å². The summed E-state index contributed by atoms with van der Waals surface area (Å²) in [6, 6.07) is 107. The summed E-state index contributed by atoms with van der Waals surface area (Å²) in [5.41, 5.74) is 22.8. The van der Waals surface area contributed by atoms with Crippen LogP contribution in [0.4, 0.5) is 17.1 Å². The zero-order valence-electron chi connectivity index (χ0n) is 44.1. The summed E-state index contributed by atoms with van der Waals surface area (Å²) in [5.74, 6) is 0.550. The number of aromatic nitrogens is 1. The lowest BCUT2D eigenvalue weighted by Gasteiger charge is -2.34. The van der Waals surface area contributed by atoms with E-state index in [1.807, 2.05) is 0 Å².